The molecule has 0 radical (unpaired) electrons. The second kappa shape index (κ2) is 6.51. The minimum atomic E-state index is -0.388. The first kappa shape index (κ1) is 16.1. The molecule has 1 atom stereocenters. The van der Waals surface area contributed by atoms with Crippen LogP contribution in [0.3, 0.4) is 0 Å². The molecule has 1 heterocycles. The lowest BCUT2D eigenvalue weighted by Crippen LogP contribution is -2.58. The SMILES string of the molecule is CC1C(=O)N(c2cccc3ccccc23)CCN1C(=O)C1CCCC1. The number of piperazine rings is 1. The van der Waals surface area contributed by atoms with E-state index in [1.807, 2.05) is 36.1 Å². The first-order chi connectivity index (χ1) is 12.2. The Bertz CT molecular complexity index is 805. The highest BCUT2D eigenvalue weighted by molar-refractivity contribution is 6.07. The normalized spacial score (nSPS) is 22.0. The summed E-state index contributed by atoms with van der Waals surface area (Å²) in [5.41, 5.74) is 0.947. The van der Waals surface area contributed by atoms with Gasteiger partial charge in [-0.05, 0) is 31.2 Å². The van der Waals surface area contributed by atoms with Crippen molar-refractivity contribution in [3.63, 3.8) is 0 Å². The third-order valence-corrected chi connectivity index (χ3v) is 5.70. The molecule has 2 amide bonds. The number of nitrogens with zero attached hydrogens (tertiary/aromatic N) is 2. The predicted molar refractivity (Wildman–Crippen MR) is 99.4 cm³/mol. The van der Waals surface area contributed by atoms with Crippen LogP contribution in [0, 0.1) is 5.92 Å². The number of anilines is 1. The summed E-state index contributed by atoms with van der Waals surface area (Å²) < 4.78 is 0. The van der Waals surface area contributed by atoms with E-state index in [9.17, 15) is 9.59 Å². The maximum absolute atomic E-state index is 13.0. The van der Waals surface area contributed by atoms with Crippen LogP contribution in [0.4, 0.5) is 5.69 Å². The molecule has 1 unspecified atom stereocenters. The lowest BCUT2D eigenvalue weighted by molar-refractivity contribution is -0.143. The molecule has 0 bridgehead atoms. The number of benzene rings is 2. The molecule has 0 spiro atoms. The largest absolute Gasteiger partial charge is 0.329 e. The molecule has 4 rings (SSSR count). The molecule has 0 aromatic heterocycles. The van der Waals surface area contributed by atoms with Crippen molar-refractivity contribution in [1.29, 1.82) is 0 Å². The van der Waals surface area contributed by atoms with E-state index in [2.05, 4.69) is 18.2 Å². The molecule has 2 fully saturated rings. The van der Waals surface area contributed by atoms with E-state index < -0.39 is 0 Å². The molecule has 0 N–H and O–H groups in total. The quantitative estimate of drug-likeness (QED) is 0.841. The van der Waals surface area contributed by atoms with Crippen LogP contribution >= 0.6 is 0 Å². The second-order valence-corrected chi connectivity index (χ2v) is 7.18. The van der Waals surface area contributed by atoms with Gasteiger partial charge in [-0.25, -0.2) is 0 Å². The van der Waals surface area contributed by atoms with E-state index in [0.717, 1.165) is 42.1 Å². The van der Waals surface area contributed by atoms with Crippen LogP contribution in [-0.4, -0.2) is 35.8 Å². The van der Waals surface area contributed by atoms with Crippen molar-refractivity contribution in [3.8, 4) is 0 Å². The number of amides is 2. The van der Waals surface area contributed by atoms with Crippen molar-refractivity contribution >= 4 is 28.3 Å². The Labute approximate surface area is 148 Å². The molecule has 1 aliphatic carbocycles. The Morgan fingerprint density at radius 1 is 1.00 bits per heavy atom. The van der Waals surface area contributed by atoms with Crippen LogP contribution in [0.2, 0.25) is 0 Å². The Hall–Kier alpha value is -2.36. The Morgan fingerprint density at radius 2 is 1.72 bits per heavy atom. The molecule has 2 aromatic carbocycles. The fourth-order valence-corrected chi connectivity index (χ4v) is 4.26. The first-order valence-corrected chi connectivity index (χ1v) is 9.26. The highest BCUT2D eigenvalue weighted by Gasteiger charge is 2.38. The topological polar surface area (TPSA) is 40.6 Å². The third kappa shape index (κ3) is 2.80. The fraction of sp³-hybridized carbons (Fsp3) is 0.429. The van der Waals surface area contributed by atoms with Gasteiger partial charge in [-0.2, -0.15) is 0 Å². The summed E-state index contributed by atoms with van der Waals surface area (Å²) in [6, 6.07) is 13.8. The Morgan fingerprint density at radius 3 is 2.52 bits per heavy atom. The van der Waals surface area contributed by atoms with E-state index in [-0.39, 0.29) is 23.8 Å². The highest BCUT2D eigenvalue weighted by Crippen LogP contribution is 2.31. The first-order valence-electron chi connectivity index (χ1n) is 9.26. The summed E-state index contributed by atoms with van der Waals surface area (Å²) in [6.45, 7) is 3.05. The third-order valence-electron chi connectivity index (χ3n) is 5.70. The van der Waals surface area contributed by atoms with E-state index in [4.69, 9.17) is 0 Å². The van der Waals surface area contributed by atoms with Crippen molar-refractivity contribution in [1.82, 2.24) is 4.90 Å². The van der Waals surface area contributed by atoms with Gasteiger partial charge in [0.15, 0.2) is 0 Å². The van der Waals surface area contributed by atoms with Gasteiger partial charge in [0.2, 0.25) is 11.8 Å². The molecule has 130 valence electrons. The summed E-state index contributed by atoms with van der Waals surface area (Å²) in [4.78, 5) is 29.5. The highest BCUT2D eigenvalue weighted by atomic mass is 16.2. The van der Waals surface area contributed by atoms with Crippen molar-refractivity contribution in [2.75, 3.05) is 18.0 Å². The molecule has 25 heavy (non-hydrogen) atoms. The van der Waals surface area contributed by atoms with Gasteiger partial charge in [-0.1, -0.05) is 49.2 Å². The number of hydrogen-bond acceptors (Lipinski definition) is 2. The minimum Gasteiger partial charge on any atom is -0.329 e. The summed E-state index contributed by atoms with van der Waals surface area (Å²) in [5.74, 6) is 0.323. The number of carbonyl (C=O) groups excluding carboxylic acids is 2. The smallest absolute Gasteiger partial charge is 0.249 e. The molecule has 4 nitrogen and oxygen atoms in total. The van der Waals surface area contributed by atoms with Gasteiger partial charge in [0.25, 0.3) is 0 Å². The standard InChI is InChI=1S/C21H24N2O2/c1-15-20(24)23(14-13-22(15)21(25)17-8-2-3-9-17)19-12-6-10-16-7-4-5-11-18(16)19/h4-7,10-12,15,17H,2-3,8-9,13-14H2,1H3. The zero-order valence-electron chi connectivity index (χ0n) is 14.6. The fourth-order valence-electron chi connectivity index (χ4n) is 4.26. The van der Waals surface area contributed by atoms with Crippen LogP contribution in [0.5, 0.6) is 0 Å². The van der Waals surface area contributed by atoms with Crippen molar-refractivity contribution in [2.45, 2.75) is 38.6 Å². The maximum atomic E-state index is 13.0. The molecule has 1 saturated carbocycles. The number of carbonyl (C=O) groups is 2. The number of hydrogen-bond donors (Lipinski definition) is 0. The summed E-state index contributed by atoms with van der Waals surface area (Å²) in [5, 5.41) is 2.21. The van der Waals surface area contributed by atoms with Crippen LogP contribution in [-0.2, 0) is 9.59 Å². The van der Waals surface area contributed by atoms with Crippen molar-refractivity contribution in [3.05, 3.63) is 42.5 Å². The summed E-state index contributed by atoms with van der Waals surface area (Å²) in [6.07, 6.45) is 4.22. The molecular formula is C21H24N2O2. The van der Waals surface area contributed by atoms with E-state index in [1.54, 1.807) is 4.90 Å². The van der Waals surface area contributed by atoms with Gasteiger partial charge in [0.05, 0.1) is 5.69 Å². The lowest BCUT2D eigenvalue weighted by Gasteiger charge is -2.40. The predicted octanol–water partition coefficient (Wildman–Crippen LogP) is 3.59. The molecule has 4 heteroatoms. The summed E-state index contributed by atoms with van der Waals surface area (Å²) in [7, 11) is 0. The minimum absolute atomic E-state index is 0.0222. The van der Waals surface area contributed by atoms with Crippen LogP contribution in [0.15, 0.2) is 42.5 Å². The lowest BCUT2D eigenvalue weighted by atomic mass is 10.0. The van der Waals surface area contributed by atoms with Gasteiger partial charge in [0, 0.05) is 24.4 Å². The molecule has 1 aliphatic heterocycles. The molecule has 2 aliphatic rings. The average molecular weight is 336 g/mol. The average Bonchev–Trinajstić information content (AvgIpc) is 3.18. The van der Waals surface area contributed by atoms with Crippen LogP contribution < -0.4 is 4.90 Å². The molecule has 2 aromatic rings. The molecular weight excluding hydrogens is 312 g/mol. The van der Waals surface area contributed by atoms with Crippen molar-refractivity contribution in [2.24, 2.45) is 5.92 Å². The van der Waals surface area contributed by atoms with E-state index in [1.165, 1.54) is 0 Å². The Balaban J connectivity index is 1.60. The maximum Gasteiger partial charge on any atom is 0.249 e. The zero-order chi connectivity index (χ0) is 17.4. The van der Waals surface area contributed by atoms with E-state index in [0.29, 0.717) is 13.1 Å². The number of fused-ring (bicyclic) bond motifs is 1. The van der Waals surface area contributed by atoms with Gasteiger partial charge in [-0.15, -0.1) is 0 Å². The Kier molecular flexibility index (Phi) is 4.20. The van der Waals surface area contributed by atoms with E-state index >= 15 is 0 Å². The van der Waals surface area contributed by atoms with Gasteiger partial charge < -0.3 is 9.80 Å². The summed E-state index contributed by atoms with van der Waals surface area (Å²) >= 11 is 0. The number of rotatable bonds is 2. The van der Waals surface area contributed by atoms with Gasteiger partial charge in [-0.3, -0.25) is 9.59 Å². The zero-order valence-corrected chi connectivity index (χ0v) is 14.6. The second-order valence-electron chi connectivity index (χ2n) is 7.18. The van der Waals surface area contributed by atoms with Crippen molar-refractivity contribution < 1.29 is 9.59 Å². The van der Waals surface area contributed by atoms with Crippen LogP contribution in [0.25, 0.3) is 10.8 Å². The van der Waals surface area contributed by atoms with Gasteiger partial charge >= 0.3 is 0 Å². The van der Waals surface area contributed by atoms with Crippen LogP contribution in [0.1, 0.15) is 32.6 Å². The van der Waals surface area contributed by atoms with Gasteiger partial charge in [0.1, 0.15) is 6.04 Å². The molecule has 1 saturated heterocycles. The monoisotopic (exact) mass is 336 g/mol.